The number of hydrogen-bond acceptors (Lipinski definition) is 4. The van der Waals surface area contributed by atoms with Crippen molar-refractivity contribution in [3.05, 3.63) is 0 Å². The van der Waals surface area contributed by atoms with E-state index in [1.807, 2.05) is 4.90 Å². The molecule has 2 aliphatic rings. The van der Waals surface area contributed by atoms with Gasteiger partial charge in [0.2, 0.25) is 5.91 Å². The van der Waals surface area contributed by atoms with Crippen LogP contribution in [0.4, 0.5) is 0 Å². The van der Waals surface area contributed by atoms with E-state index in [2.05, 4.69) is 33.0 Å². The Bertz CT molecular complexity index is 473. The first-order valence-corrected chi connectivity index (χ1v) is 9.82. The molecule has 2 saturated heterocycles. The van der Waals surface area contributed by atoms with Crippen LogP contribution in [0, 0.1) is 11.8 Å². The van der Waals surface area contributed by atoms with Crippen molar-refractivity contribution >= 4 is 15.7 Å². The second-order valence-electron chi connectivity index (χ2n) is 7.17. The molecule has 6 heteroatoms. The van der Waals surface area contributed by atoms with E-state index in [-0.39, 0.29) is 35.7 Å². The lowest BCUT2D eigenvalue weighted by Gasteiger charge is -2.36. The molecular weight excluding hydrogens is 288 g/mol. The van der Waals surface area contributed by atoms with Crippen LogP contribution in [-0.2, 0) is 14.6 Å². The van der Waals surface area contributed by atoms with Gasteiger partial charge in [-0.25, -0.2) is 8.42 Å². The Morgan fingerprint density at radius 1 is 1.19 bits per heavy atom. The number of amides is 1. The predicted molar refractivity (Wildman–Crippen MR) is 83.5 cm³/mol. The summed E-state index contributed by atoms with van der Waals surface area (Å²) in [6.45, 7) is 8.45. The number of nitrogens with zero attached hydrogens (tertiary/aromatic N) is 1. The zero-order valence-corrected chi connectivity index (χ0v) is 14.3. The van der Waals surface area contributed by atoms with Crippen LogP contribution in [0.5, 0.6) is 0 Å². The zero-order chi connectivity index (χ0) is 15.8. The lowest BCUT2D eigenvalue weighted by molar-refractivity contribution is -0.133. The molecule has 1 amide bonds. The van der Waals surface area contributed by atoms with Crippen LogP contribution in [0.3, 0.4) is 0 Å². The molecule has 2 aliphatic heterocycles. The summed E-state index contributed by atoms with van der Waals surface area (Å²) in [4.78, 5) is 14.7. The second kappa shape index (κ2) is 6.24. The van der Waals surface area contributed by atoms with Crippen molar-refractivity contribution in [2.45, 2.75) is 65.2 Å². The van der Waals surface area contributed by atoms with Gasteiger partial charge in [-0.15, -0.1) is 0 Å². The second-order valence-corrected chi connectivity index (χ2v) is 9.47. The first-order chi connectivity index (χ1) is 9.71. The van der Waals surface area contributed by atoms with Crippen LogP contribution < -0.4 is 5.32 Å². The Labute approximate surface area is 128 Å². The SMILES string of the molecule is CC(C)CC1NC(C(C)C)N(C2CCS(=O)(=O)CC2)C1=O. The number of nitrogens with one attached hydrogen (secondary N) is 1. The van der Waals surface area contributed by atoms with Gasteiger partial charge in [-0.2, -0.15) is 0 Å². The first kappa shape index (κ1) is 16.7. The molecule has 2 atom stereocenters. The molecule has 2 unspecified atom stereocenters. The summed E-state index contributed by atoms with van der Waals surface area (Å²) in [6, 6.07) is -0.0472. The van der Waals surface area contributed by atoms with Gasteiger partial charge in [0, 0.05) is 6.04 Å². The van der Waals surface area contributed by atoms with Gasteiger partial charge in [-0.05, 0) is 31.1 Å². The van der Waals surface area contributed by atoms with Crippen molar-refractivity contribution in [1.82, 2.24) is 10.2 Å². The lowest BCUT2D eigenvalue weighted by Crippen LogP contribution is -2.50. The van der Waals surface area contributed by atoms with Gasteiger partial charge in [0.1, 0.15) is 9.84 Å². The number of hydrogen-bond donors (Lipinski definition) is 1. The van der Waals surface area contributed by atoms with Crippen molar-refractivity contribution in [3.63, 3.8) is 0 Å². The van der Waals surface area contributed by atoms with Gasteiger partial charge in [0.15, 0.2) is 0 Å². The highest BCUT2D eigenvalue weighted by atomic mass is 32.2. The standard InChI is InChI=1S/C15H28N2O3S/c1-10(2)9-13-15(18)17(14(16-13)11(3)4)12-5-7-21(19,20)8-6-12/h10-14,16H,5-9H2,1-4H3. The van der Waals surface area contributed by atoms with Gasteiger partial charge in [0.25, 0.3) is 0 Å². The van der Waals surface area contributed by atoms with E-state index in [1.165, 1.54) is 0 Å². The first-order valence-electron chi connectivity index (χ1n) is 8.00. The summed E-state index contributed by atoms with van der Waals surface area (Å²) >= 11 is 0. The van der Waals surface area contributed by atoms with E-state index in [9.17, 15) is 13.2 Å². The molecule has 0 saturated carbocycles. The Balaban J connectivity index is 2.13. The number of carbonyl (C=O) groups is 1. The van der Waals surface area contributed by atoms with Crippen LogP contribution in [-0.4, -0.2) is 49.0 Å². The lowest BCUT2D eigenvalue weighted by atomic mass is 10.0. The Hall–Kier alpha value is -0.620. The van der Waals surface area contributed by atoms with E-state index in [4.69, 9.17) is 0 Å². The normalized spacial score (nSPS) is 30.6. The minimum absolute atomic E-state index is 0.0343. The molecule has 0 aromatic rings. The summed E-state index contributed by atoms with van der Waals surface area (Å²) in [5.74, 6) is 1.37. The summed E-state index contributed by atoms with van der Waals surface area (Å²) < 4.78 is 23.2. The fraction of sp³-hybridized carbons (Fsp3) is 0.933. The maximum Gasteiger partial charge on any atom is 0.241 e. The van der Waals surface area contributed by atoms with Crippen LogP contribution in [0.2, 0.25) is 0 Å². The molecule has 0 radical (unpaired) electrons. The average molecular weight is 316 g/mol. The minimum Gasteiger partial charge on any atom is -0.322 e. The fourth-order valence-electron chi connectivity index (χ4n) is 3.39. The van der Waals surface area contributed by atoms with Gasteiger partial charge < -0.3 is 4.90 Å². The highest BCUT2D eigenvalue weighted by Crippen LogP contribution is 2.28. The van der Waals surface area contributed by atoms with Gasteiger partial charge in [-0.1, -0.05) is 27.7 Å². The molecule has 0 bridgehead atoms. The van der Waals surface area contributed by atoms with Crippen molar-refractivity contribution in [3.8, 4) is 0 Å². The summed E-state index contributed by atoms with van der Waals surface area (Å²) in [6.07, 6.45) is 2.02. The fourth-order valence-corrected chi connectivity index (χ4v) is 4.86. The molecule has 1 N–H and O–H groups in total. The Morgan fingerprint density at radius 3 is 2.24 bits per heavy atom. The third-order valence-corrected chi connectivity index (χ3v) is 6.20. The number of sulfone groups is 1. The van der Waals surface area contributed by atoms with Gasteiger partial charge in [0.05, 0.1) is 23.7 Å². The monoisotopic (exact) mass is 316 g/mol. The van der Waals surface area contributed by atoms with E-state index < -0.39 is 9.84 Å². The molecule has 2 heterocycles. The highest BCUT2D eigenvalue weighted by molar-refractivity contribution is 7.91. The molecule has 0 aliphatic carbocycles. The molecular formula is C15H28N2O3S. The Kier molecular flexibility index (Phi) is 4.98. The molecule has 0 spiro atoms. The Morgan fingerprint density at radius 2 is 1.76 bits per heavy atom. The quantitative estimate of drug-likeness (QED) is 0.851. The molecule has 21 heavy (non-hydrogen) atoms. The molecule has 0 aromatic heterocycles. The summed E-state index contributed by atoms with van der Waals surface area (Å²) in [5, 5.41) is 3.47. The van der Waals surface area contributed by atoms with E-state index in [0.29, 0.717) is 24.7 Å². The van der Waals surface area contributed by atoms with E-state index in [1.54, 1.807) is 0 Å². The van der Waals surface area contributed by atoms with Crippen LogP contribution in [0.15, 0.2) is 0 Å². The maximum absolute atomic E-state index is 12.7. The van der Waals surface area contributed by atoms with Crippen LogP contribution in [0.1, 0.15) is 47.0 Å². The van der Waals surface area contributed by atoms with Crippen molar-refractivity contribution in [1.29, 1.82) is 0 Å². The van der Waals surface area contributed by atoms with Crippen LogP contribution >= 0.6 is 0 Å². The number of carbonyl (C=O) groups excluding carboxylic acids is 1. The topological polar surface area (TPSA) is 66.5 Å². The number of rotatable bonds is 4. The van der Waals surface area contributed by atoms with E-state index >= 15 is 0 Å². The molecule has 5 nitrogen and oxygen atoms in total. The third kappa shape index (κ3) is 3.77. The summed E-state index contributed by atoms with van der Waals surface area (Å²) in [7, 11) is -2.89. The summed E-state index contributed by atoms with van der Waals surface area (Å²) in [5.41, 5.74) is 0. The average Bonchev–Trinajstić information content (AvgIpc) is 2.67. The van der Waals surface area contributed by atoms with Crippen molar-refractivity contribution in [2.24, 2.45) is 11.8 Å². The molecule has 0 aromatic carbocycles. The molecule has 2 rings (SSSR count). The molecule has 2 fully saturated rings. The van der Waals surface area contributed by atoms with Crippen LogP contribution in [0.25, 0.3) is 0 Å². The smallest absolute Gasteiger partial charge is 0.241 e. The molecule has 122 valence electrons. The largest absolute Gasteiger partial charge is 0.322 e. The van der Waals surface area contributed by atoms with E-state index in [0.717, 1.165) is 6.42 Å². The predicted octanol–water partition coefficient (Wildman–Crippen LogP) is 1.39. The minimum atomic E-state index is -2.89. The zero-order valence-electron chi connectivity index (χ0n) is 13.5. The third-order valence-electron chi connectivity index (χ3n) is 4.48. The highest BCUT2D eigenvalue weighted by Gasteiger charge is 2.44. The van der Waals surface area contributed by atoms with Crippen molar-refractivity contribution in [2.75, 3.05) is 11.5 Å². The maximum atomic E-state index is 12.7. The van der Waals surface area contributed by atoms with Crippen molar-refractivity contribution < 1.29 is 13.2 Å². The van der Waals surface area contributed by atoms with Gasteiger partial charge in [-0.3, -0.25) is 10.1 Å². The van der Waals surface area contributed by atoms with Gasteiger partial charge >= 0.3 is 0 Å².